The zero-order valence-electron chi connectivity index (χ0n) is 16.0. The van der Waals surface area contributed by atoms with Gasteiger partial charge in [0.05, 0.1) is 19.8 Å². The number of benzene rings is 1. The second-order valence-corrected chi connectivity index (χ2v) is 7.46. The molecule has 3 rings (SSSR count). The largest absolute Gasteiger partial charge is 0.497 e. The fourth-order valence-electron chi connectivity index (χ4n) is 3.55. The van der Waals surface area contributed by atoms with Gasteiger partial charge in [-0.05, 0) is 44.7 Å². The predicted molar refractivity (Wildman–Crippen MR) is 99.9 cm³/mol. The number of rotatable bonds is 5. The lowest BCUT2D eigenvalue weighted by atomic mass is 9.95. The van der Waals surface area contributed by atoms with Gasteiger partial charge in [-0.3, -0.25) is 0 Å². The van der Waals surface area contributed by atoms with Crippen LogP contribution in [0, 0.1) is 5.92 Å². The van der Waals surface area contributed by atoms with E-state index in [9.17, 15) is 4.79 Å². The van der Waals surface area contributed by atoms with Crippen LogP contribution in [0.4, 0.5) is 4.79 Å². The molecule has 6 heteroatoms. The van der Waals surface area contributed by atoms with Gasteiger partial charge < -0.3 is 24.4 Å². The summed E-state index contributed by atoms with van der Waals surface area (Å²) in [5.74, 6) is 2.25. The lowest BCUT2D eigenvalue weighted by Gasteiger charge is -2.33. The van der Waals surface area contributed by atoms with Crippen LogP contribution in [0.3, 0.4) is 0 Å². The van der Waals surface area contributed by atoms with Crippen molar-refractivity contribution < 1.29 is 19.0 Å². The van der Waals surface area contributed by atoms with E-state index in [2.05, 4.69) is 11.4 Å². The maximum absolute atomic E-state index is 11.9. The maximum Gasteiger partial charge on any atom is 0.410 e. The number of carbonyl (C=O) groups is 1. The first-order valence-corrected chi connectivity index (χ1v) is 9.53. The topological polar surface area (TPSA) is 60.0 Å². The van der Waals surface area contributed by atoms with Gasteiger partial charge in [0.25, 0.3) is 0 Å². The number of piperidine rings is 1. The molecule has 1 unspecified atom stereocenters. The van der Waals surface area contributed by atoms with Crippen LogP contribution in [0.25, 0.3) is 0 Å². The number of carbonyl (C=O) groups excluding carboxylic acids is 1. The minimum absolute atomic E-state index is 0.0625. The van der Waals surface area contributed by atoms with Crippen LogP contribution in [-0.4, -0.2) is 56.5 Å². The summed E-state index contributed by atoms with van der Waals surface area (Å²) in [7, 11) is 1.67. The van der Waals surface area contributed by atoms with Gasteiger partial charge in [0.2, 0.25) is 0 Å². The molecule has 26 heavy (non-hydrogen) atoms. The molecule has 0 spiro atoms. The number of likely N-dealkylation sites (tertiary alicyclic amines) is 1. The Kier molecular flexibility index (Phi) is 6.25. The molecule has 1 N–H and O–H groups in total. The van der Waals surface area contributed by atoms with E-state index in [4.69, 9.17) is 14.2 Å². The Labute approximate surface area is 155 Å². The molecule has 0 aromatic heterocycles. The third kappa shape index (κ3) is 4.81. The highest BCUT2D eigenvalue weighted by atomic mass is 16.6. The lowest BCUT2D eigenvalue weighted by Crippen LogP contribution is -2.47. The van der Waals surface area contributed by atoms with Crippen LogP contribution < -0.4 is 14.8 Å². The van der Waals surface area contributed by atoms with Crippen molar-refractivity contribution in [1.82, 2.24) is 10.2 Å². The molecule has 1 amide bonds. The van der Waals surface area contributed by atoms with Crippen LogP contribution in [0.2, 0.25) is 0 Å². The number of hydrogen-bond acceptors (Lipinski definition) is 5. The molecule has 2 aliphatic rings. The van der Waals surface area contributed by atoms with Gasteiger partial charge in [-0.15, -0.1) is 0 Å². The Morgan fingerprint density at radius 1 is 1.35 bits per heavy atom. The first-order chi connectivity index (χ1) is 12.5. The molecular formula is C20H30N2O4. The van der Waals surface area contributed by atoms with Crippen molar-refractivity contribution in [2.45, 2.75) is 45.3 Å². The third-order valence-electron chi connectivity index (χ3n) is 5.04. The maximum atomic E-state index is 11.9. The van der Waals surface area contributed by atoms with Gasteiger partial charge in [-0.2, -0.15) is 0 Å². The standard InChI is InChI=1S/C20H30N2O4/c1-14(2)26-20(23)22-8-6-17(7-9-22)21-12-15-10-16-4-5-18(24-3)11-19(16)25-13-15/h4-5,11,14-15,17,21H,6-10,12-13H2,1-3H3. The first kappa shape index (κ1) is 18.8. The summed E-state index contributed by atoms with van der Waals surface area (Å²) in [5.41, 5.74) is 1.25. The summed E-state index contributed by atoms with van der Waals surface area (Å²) in [5, 5.41) is 3.66. The van der Waals surface area contributed by atoms with Crippen molar-refractivity contribution in [2.75, 3.05) is 33.4 Å². The van der Waals surface area contributed by atoms with Gasteiger partial charge in [0.1, 0.15) is 11.5 Å². The quantitative estimate of drug-likeness (QED) is 0.873. The predicted octanol–water partition coefficient (Wildman–Crippen LogP) is 2.85. The Morgan fingerprint density at radius 3 is 2.81 bits per heavy atom. The van der Waals surface area contributed by atoms with E-state index in [0.29, 0.717) is 12.0 Å². The summed E-state index contributed by atoms with van der Waals surface area (Å²) in [6, 6.07) is 6.50. The number of ether oxygens (including phenoxy) is 3. The van der Waals surface area contributed by atoms with Crippen LogP contribution in [-0.2, 0) is 11.2 Å². The third-order valence-corrected chi connectivity index (χ3v) is 5.04. The van der Waals surface area contributed by atoms with E-state index in [1.165, 1.54) is 5.56 Å². The number of amides is 1. The molecule has 6 nitrogen and oxygen atoms in total. The number of methoxy groups -OCH3 is 1. The van der Waals surface area contributed by atoms with Crippen molar-refractivity contribution in [3.63, 3.8) is 0 Å². The Hall–Kier alpha value is -1.95. The number of nitrogens with one attached hydrogen (secondary N) is 1. The van der Waals surface area contributed by atoms with Crippen molar-refractivity contribution in [3.8, 4) is 11.5 Å². The molecule has 1 aromatic carbocycles. The number of nitrogens with zero attached hydrogens (tertiary/aromatic N) is 1. The highest BCUT2D eigenvalue weighted by molar-refractivity contribution is 5.67. The van der Waals surface area contributed by atoms with Crippen LogP contribution >= 0.6 is 0 Å². The Balaban J connectivity index is 1.41. The van der Waals surface area contributed by atoms with Crippen molar-refractivity contribution in [1.29, 1.82) is 0 Å². The molecule has 1 fully saturated rings. The summed E-state index contributed by atoms with van der Waals surface area (Å²) >= 11 is 0. The van der Waals surface area contributed by atoms with E-state index < -0.39 is 0 Å². The smallest absolute Gasteiger partial charge is 0.410 e. The van der Waals surface area contributed by atoms with E-state index in [1.807, 2.05) is 30.9 Å². The molecule has 1 aromatic rings. The molecule has 1 atom stereocenters. The molecule has 0 aliphatic carbocycles. The molecule has 0 saturated carbocycles. The minimum atomic E-state index is -0.189. The zero-order chi connectivity index (χ0) is 18.5. The van der Waals surface area contributed by atoms with Crippen LogP contribution in [0.15, 0.2) is 18.2 Å². The molecule has 0 bridgehead atoms. The van der Waals surface area contributed by atoms with Crippen molar-refractivity contribution in [3.05, 3.63) is 23.8 Å². The number of fused-ring (bicyclic) bond motifs is 1. The van der Waals surface area contributed by atoms with Crippen molar-refractivity contribution in [2.24, 2.45) is 5.92 Å². The fraction of sp³-hybridized carbons (Fsp3) is 0.650. The monoisotopic (exact) mass is 362 g/mol. The normalized spacial score (nSPS) is 20.5. The molecular weight excluding hydrogens is 332 g/mol. The second kappa shape index (κ2) is 8.62. The second-order valence-electron chi connectivity index (χ2n) is 7.46. The average molecular weight is 362 g/mol. The molecule has 1 saturated heterocycles. The highest BCUT2D eigenvalue weighted by Gasteiger charge is 2.26. The minimum Gasteiger partial charge on any atom is -0.497 e. The van der Waals surface area contributed by atoms with E-state index in [-0.39, 0.29) is 12.2 Å². The molecule has 2 heterocycles. The van der Waals surface area contributed by atoms with E-state index in [0.717, 1.165) is 57.0 Å². The van der Waals surface area contributed by atoms with Crippen molar-refractivity contribution >= 4 is 6.09 Å². The van der Waals surface area contributed by atoms with E-state index in [1.54, 1.807) is 7.11 Å². The number of hydrogen-bond donors (Lipinski definition) is 1. The average Bonchev–Trinajstić information content (AvgIpc) is 2.65. The first-order valence-electron chi connectivity index (χ1n) is 9.53. The molecule has 0 radical (unpaired) electrons. The summed E-state index contributed by atoms with van der Waals surface area (Å²) in [4.78, 5) is 13.8. The van der Waals surface area contributed by atoms with Gasteiger partial charge in [-0.25, -0.2) is 4.79 Å². The van der Waals surface area contributed by atoms with E-state index >= 15 is 0 Å². The van der Waals surface area contributed by atoms with Gasteiger partial charge >= 0.3 is 6.09 Å². The summed E-state index contributed by atoms with van der Waals surface area (Å²) < 4.78 is 16.4. The Morgan fingerprint density at radius 2 is 2.12 bits per heavy atom. The van der Waals surface area contributed by atoms with Crippen LogP contribution in [0.1, 0.15) is 32.3 Å². The molecule has 2 aliphatic heterocycles. The highest BCUT2D eigenvalue weighted by Crippen LogP contribution is 2.30. The van der Waals surface area contributed by atoms with Gasteiger partial charge in [0.15, 0.2) is 0 Å². The Bertz CT molecular complexity index is 612. The fourth-order valence-corrected chi connectivity index (χ4v) is 3.55. The summed E-state index contributed by atoms with van der Waals surface area (Å²) in [6.45, 7) is 6.94. The van der Waals surface area contributed by atoms with Crippen LogP contribution in [0.5, 0.6) is 11.5 Å². The van der Waals surface area contributed by atoms with Gasteiger partial charge in [0, 0.05) is 37.7 Å². The zero-order valence-corrected chi connectivity index (χ0v) is 16.0. The molecule has 144 valence electrons. The summed E-state index contributed by atoms with van der Waals surface area (Å²) in [6.07, 6.45) is 2.70. The van der Waals surface area contributed by atoms with Gasteiger partial charge in [-0.1, -0.05) is 6.07 Å². The SMILES string of the molecule is COc1ccc2c(c1)OCC(CNC1CCN(C(=O)OC(C)C)CC1)C2. The lowest BCUT2D eigenvalue weighted by molar-refractivity contribution is 0.0674.